The molecule has 1 aliphatic rings. The highest BCUT2D eigenvalue weighted by Gasteiger charge is 2.22. The minimum absolute atomic E-state index is 0.0413. The van der Waals surface area contributed by atoms with E-state index in [-0.39, 0.29) is 5.91 Å². The summed E-state index contributed by atoms with van der Waals surface area (Å²) in [6.45, 7) is 7.42. The first-order valence-corrected chi connectivity index (χ1v) is 8.60. The van der Waals surface area contributed by atoms with Gasteiger partial charge >= 0.3 is 0 Å². The van der Waals surface area contributed by atoms with Crippen LogP contribution in [0.2, 0.25) is 0 Å². The normalized spacial score (nSPS) is 18.7. The van der Waals surface area contributed by atoms with Gasteiger partial charge in [0.2, 0.25) is 0 Å². The molecular weight excluding hydrogens is 302 g/mol. The Kier molecular flexibility index (Phi) is 5.25. The summed E-state index contributed by atoms with van der Waals surface area (Å²) in [7, 11) is 0. The Hall–Kier alpha value is -2.21. The van der Waals surface area contributed by atoms with Gasteiger partial charge in [0.1, 0.15) is 12.1 Å². The van der Waals surface area contributed by atoms with E-state index >= 15 is 0 Å². The molecule has 24 heavy (non-hydrogen) atoms. The second-order valence-corrected chi connectivity index (χ2v) is 6.68. The van der Waals surface area contributed by atoms with Gasteiger partial charge in [-0.2, -0.15) is 0 Å². The number of carbonyl (C=O) groups is 1. The molecule has 1 saturated heterocycles. The molecule has 2 aromatic rings. The fourth-order valence-corrected chi connectivity index (χ4v) is 3.17. The molecule has 1 N–H and O–H groups in total. The number of imidazole rings is 1. The average Bonchev–Trinajstić information content (AvgIpc) is 3.15. The molecule has 0 bridgehead atoms. The summed E-state index contributed by atoms with van der Waals surface area (Å²) < 4.78 is 1.79. The lowest BCUT2D eigenvalue weighted by Gasteiger charge is -2.35. The van der Waals surface area contributed by atoms with Crippen LogP contribution in [0.3, 0.4) is 0 Å². The molecule has 6 nitrogen and oxygen atoms in total. The molecule has 0 aliphatic carbocycles. The largest absolute Gasteiger partial charge is 0.352 e. The molecule has 0 saturated carbocycles. The number of nitrogens with zero attached hydrogens (tertiary/aromatic N) is 4. The highest BCUT2D eigenvalue weighted by atomic mass is 16.1. The van der Waals surface area contributed by atoms with E-state index in [0.29, 0.717) is 23.3 Å². The standard InChI is InChI=1S/C18H25N5O/c1-14(2)22-8-3-4-15(12-22)11-21-18(24)16-5-6-20-17(10-16)23-9-7-19-13-23/h5-7,9-10,13-15H,3-4,8,11-12H2,1-2H3,(H,21,24)/t15-/m0/s1. The Labute approximate surface area is 142 Å². The topological polar surface area (TPSA) is 63.1 Å². The van der Waals surface area contributed by atoms with Gasteiger partial charge in [-0.3, -0.25) is 9.36 Å². The number of rotatable bonds is 5. The third-order valence-corrected chi connectivity index (χ3v) is 4.61. The molecule has 1 atom stereocenters. The van der Waals surface area contributed by atoms with Crippen LogP contribution in [-0.2, 0) is 0 Å². The van der Waals surface area contributed by atoms with Crippen molar-refractivity contribution in [1.82, 2.24) is 24.8 Å². The van der Waals surface area contributed by atoms with Gasteiger partial charge in [-0.1, -0.05) is 0 Å². The Balaban J connectivity index is 1.58. The maximum absolute atomic E-state index is 12.4. The van der Waals surface area contributed by atoms with E-state index in [1.807, 2.05) is 6.20 Å². The number of piperidine rings is 1. The number of nitrogens with one attached hydrogen (secondary N) is 1. The lowest BCUT2D eigenvalue weighted by molar-refractivity contribution is 0.0922. The van der Waals surface area contributed by atoms with Crippen molar-refractivity contribution in [2.45, 2.75) is 32.7 Å². The quantitative estimate of drug-likeness (QED) is 0.914. The predicted molar refractivity (Wildman–Crippen MR) is 93.1 cm³/mol. The van der Waals surface area contributed by atoms with Crippen LogP contribution in [0.1, 0.15) is 37.0 Å². The Morgan fingerprint density at radius 2 is 2.29 bits per heavy atom. The summed E-state index contributed by atoms with van der Waals surface area (Å²) in [5.74, 6) is 1.18. The summed E-state index contributed by atoms with van der Waals surface area (Å²) in [6.07, 6.45) is 9.22. The van der Waals surface area contributed by atoms with Crippen LogP contribution in [0, 0.1) is 5.92 Å². The van der Waals surface area contributed by atoms with Crippen molar-refractivity contribution >= 4 is 5.91 Å². The zero-order valence-electron chi connectivity index (χ0n) is 14.4. The average molecular weight is 327 g/mol. The monoisotopic (exact) mass is 327 g/mol. The van der Waals surface area contributed by atoms with Crippen LogP contribution in [0.25, 0.3) is 5.82 Å². The molecular formula is C18H25N5O. The molecule has 1 amide bonds. The first-order valence-electron chi connectivity index (χ1n) is 8.60. The highest BCUT2D eigenvalue weighted by Crippen LogP contribution is 2.18. The second kappa shape index (κ2) is 7.57. The van der Waals surface area contributed by atoms with Crippen molar-refractivity contribution < 1.29 is 4.79 Å². The highest BCUT2D eigenvalue weighted by molar-refractivity contribution is 5.94. The Bertz CT molecular complexity index is 668. The maximum atomic E-state index is 12.4. The molecule has 128 valence electrons. The zero-order valence-corrected chi connectivity index (χ0v) is 14.4. The van der Waals surface area contributed by atoms with E-state index in [0.717, 1.165) is 13.1 Å². The summed E-state index contributed by atoms with van der Waals surface area (Å²) >= 11 is 0. The SMILES string of the molecule is CC(C)N1CCC[C@@H](CNC(=O)c2ccnc(-n3ccnc3)c2)C1. The predicted octanol–water partition coefficient (Wildman–Crippen LogP) is 2.12. The van der Waals surface area contributed by atoms with Gasteiger partial charge in [0.25, 0.3) is 5.91 Å². The molecule has 3 rings (SSSR count). The second-order valence-electron chi connectivity index (χ2n) is 6.68. The number of hydrogen-bond donors (Lipinski definition) is 1. The summed E-state index contributed by atoms with van der Waals surface area (Å²) in [6, 6.07) is 4.11. The van der Waals surface area contributed by atoms with E-state index in [4.69, 9.17) is 0 Å². The molecule has 0 aromatic carbocycles. The van der Waals surface area contributed by atoms with E-state index < -0.39 is 0 Å². The third-order valence-electron chi connectivity index (χ3n) is 4.61. The van der Waals surface area contributed by atoms with Gasteiger partial charge < -0.3 is 10.2 Å². The molecule has 0 spiro atoms. The summed E-state index contributed by atoms with van der Waals surface area (Å²) in [5, 5.41) is 3.08. The van der Waals surface area contributed by atoms with Crippen LogP contribution in [0.5, 0.6) is 0 Å². The van der Waals surface area contributed by atoms with Gasteiger partial charge in [-0.15, -0.1) is 0 Å². The van der Waals surface area contributed by atoms with E-state index in [1.54, 1.807) is 35.4 Å². The number of hydrogen-bond acceptors (Lipinski definition) is 4. The number of pyridine rings is 1. The number of amides is 1. The van der Waals surface area contributed by atoms with Gasteiger partial charge in [0, 0.05) is 43.3 Å². The minimum atomic E-state index is -0.0413. The van der Waals surface area contributed by atoms with Gasteiger partial charge in [0.15, 0.2) is 0 Å². The van der Waals surface area contributed by atoms with Crippen molar-refractivity contribution in [1.29, 1.82) is 0 Å². The van der Waals surface area contributed by atoms with Gasteiger partial charge in [-0.25, -0.2) is 9.97 Å². The van der Waals surface area contributed by atoms with Crippen molar-refractivity contribution in [3.8, 4) is 5.82 Å². The van der Waals surface area contributed by atoms with Crippen LogP contribution < -0.4 is 5.32 Å². The van der Waals surface area contributed by atoms with Crippen LogP contribution in [0.15, 0.2) is 37.1 Å². The lowest BCUT2D eigenvalue weighted by atomic mass is 9.97. The number of aromatic nitrogens is 3. The smallest absolute Gasteiger partial charge is 0.251 e. The minimum Gasteiger partial charge on any atom is -0.352 e. The fourth-order valence-electron chi connectivity index (χ4n) is 3.17. The summed E-state index contributed by atoms with van der Waals surface area (Å²) in [4.78, 5) is 23.2. The Morgan fingerprint density at radius 1 is 1.42 bits per heavy atom. The van der Waals surface area contributed by atoms with Crippen molar-refractivity contribution in [2.75, 3.05) is 19.6 Å². The maximum Gasteiger partial charge on any atom is 0.251 e. The molecule has 3 heterocycles. The molecule has 1 aliphatic heterocycles. The summed E-state index contributed by atoms with van der Waals surface area (Å²) in [5.41, 5.74) is 0.630. The Morgan fingerprint density at radius 3 is 3.04 bits per heavy atom. The third kappa shape index (κ3) is 4.00. The van der Waals surface area contributed by atoms with Crippen LogP contribution >= 0.6 is 0 Å². The van der Waals surface area contributed by atoms with Crippen molar-refractivity contribution in [3.63, 3.8) is 0 Å². The number of likely N-dealkylation sites (tertiary alicyclic amines) is 1. The number of carbonyl (C=O) groups excluding carboxylic acids is 1. The zero-order chi connectivity index (χ0) is 16.9. The lowest BCUT2D eigenvalue weighted by Crippen LogP contribution is -2.43. The molecule has 1 fully saturated rings. The first kappa shape index (κ1) is 16.6. The van der Waals surface area contributed by atoms with E-state index in [1.165, 1.54) is 19.4 Å². The fraction of sp³-hybridized carbons (Fsp3) is 0.500. The van der Waals surface area contributed by atoms with Gasteiger partial charge in [-0.05, 0) is 51.3 Å². The molecule has 0 radical (unpaired) electrons. The van der Waals surface area contributed by atoms with E-state index in [9.17, 15) is 4.79 Å². The first-order chi connectivity index (χ1) is 11.6. The molecule has 2 aromatic heterocycles. The van der Waals surface area contributed by atoms with E-state index in [2.05, 4.69) is 34.0 Å². The van der Waals surface area contributed by atoms with Gasteiger partial charge in [0.05, 0.1) is 0 Å². The molecule has 6 heteroatoms. The van der Waals surface area contributed by atoms with Crippen molar-refractivity contribution in [3.05, 3.63) is 42.6 Å². The molecule has 0 unspecified atom stereocenters. The van der Waals surface area contributed by atoms with Crippen LogP contribution in [-0.4, -0.2) is 51.0 Å². The van der Waals surface area contributed by atoms with Crippen LogP contribution in [0.4, 0.5) is 0 Å². The van der Waals surface area contributed by atoms with Crippen molar-refractivity contribution in [2.24, 2.45) is 5.92 Å².